The highest BCUT2D eigenvalue weighted by Gasteiger charge is 2.33. The molecule has 3 atom stereocenters. The first-order valence-corrected chi connectivity index (χ1v) is 23.6. The lowest BCUT2D eigenvalue weighted by atomic mass is 9.94. The molecule has 1 aromatic heterocycles. The number of hydrogen-bond acceptors (Lipinski definition) is 10. The van der Waals surface area contributed by atoms with Crippen molar-refractivity contribution >= 4 is 35.3 Å². The van der Waals surface area contributed by atoms with Crippen molar-refractivity contribution < 1.29 is 38.9 Å². The van der Waals surface area contributed by atoms with Crippen molar-refractivity contribution in [1.82, 2.24) is 30.2 Å². The minimum Gasteiger partial charge on any atom is -0.481 e. The molecular formula is C54H65N7O8. The van der Waals surface area contributed by atoms with Gasteiger partial charge in [0.1, 0.15) is 6.04 Å². The van der Waals surface area contributed by atoms with Crippen LogP contribution in [0.2, 0.25) is 0 Å². The molecule has 4 aromatic carbocycles. The number of hydrazine groups is 1. The average molecular weight is 940 g/mol. The van der Waals surface area contributed by atoms with E-state index in [4.69, 9.17) is 4.74 Å². The predicted octanol–water partition coefficient (Wildman–Crippen LogP) is 9.63. The lowest BCUT2D eigenvalue weighted by Gasteiger charge is -2.33. The van der Waals surface area contributed by atoms with Gasteiger partial charge in [-0.25, -0.2) is 9.80 Å². The Bertz CT molecular complexity index is 2570. The van der Waals surface area contributed by atoms with Gasteiger partial charge in [0.05, 0.1) is 25.0 Å². The van der Waals surface area contributed by atoms with Crippen molar-refractivity contribution in [3.63, 3.8) is 0 Å². The lowest BCUT2D eigenvalue weighted by molar-refractivity contribution is -0.153. The molecule has 0 spiro atoms. The molecule has 5 aromatic rings. The number of allylic oxidation sites excluding steroid dienone is 4. The van der Waals surface area contributed by atoms with Crippen LogP contribution in [0.1, 0.15) is 104 Å². The fraction of sp³-hybridized carbons (Fsp3) is 0.370. The van der Waals surface area contributed by atoms with Gasteiger partial charge in [-0.15, -0.1) is 10.2 Å². The molecule has 0 aliphatic rings. The maximum atomic E-state index is 14.1. The molecule has 0 bridgehead atoms. The summed E-state index contributed by atoms with van der Waals surface area (Å²) >= 11 is 0. The molecule has 15 heteroatoms. The second-order valence-corrected chi connectivity index (χ2v) is 17.3. The second-order valence-electron chi connectivity index (χ2n) is 17.3. The maximum absolute atomic E-state index is 14.1. The van der Waals surface area contributed by atoms with Crippen LogP contribution >= 0.6 is 0 Å². The van der Waals surface area contributed by atoms with Crippen LogP contribution in [0.25, 0.3) is 39.2 Å². The molecule has 69 heavy (non-hydrogen) atoms. The zero-order chi connectivity index (χ0) is 50.0. The molecule has 0 aliphatic heterocycles. The molecule has 0 saturated heterocycles. The molecule has 0 saturated carbocycles. The number of nitrogens with zero attached hydrogens (tertiary/aromatic N) is 6. The quantitative estimate of drug-likeness (QED) is 0.0285. The molecule has 2 unspecified atom stereocenters. The minimum absolute atomic E-state index is 0.137. The number of rotatable bonds is 25. The van der Waals surface area contributed by atoms with E-state index in [2.05, 4.69) is 57.4 Å². The van der Waals surface area contributed by atoms with Gasteiger partial charge < -0.3 is 19.8 Å². The summed E-state index contributed by atoms with van der Waals surface area (Å²) < 4.78 is 5.35. The summed E-state index contributed by atoms with van der Waals surface area (Å²) in [6.07, 6.45) is 7.56. The van der Waals surface area contributed by atoms with Crippen molar-refractivity contribution in [2.24, 2.45) is 11.8 Å². The van der Waals surface area contributed by atoms with E-state index in [9.17, 15) is 34.2 Å². The van der Waals surface area contributed by atoms with E-state index in [1.807, 2.05) is 99.6 Å². The summed E-state index contributed by atoms with van der Waals surface area (Å²) in [5.41, 5.74) is 11.0. The highest BCUT2D eigenvalue weighted by Crippen LogP contribution is 2.31. The Hall–Kier alpha value is -7.42. The van der Waals surface area contributed by atoms with Gasteiger partial charge in [0.15, 0.2) is 0 Å². The van der Waals surface area contributed by atoms with E-state index in [1.165, 1.54) is 9.91 Å². The zero-order valence-electron chi connectivity index (χ0n) is 40.7. The largest absolute Gasteiger partial charge is 0.481 e. The Morgan fingerprint density at radius 3 is 1.97 bits per heavy atom. The average Bonchev–Trinajstić information content (AvgIpc) is 3.82. The SMILES string of the molecule is C/C=C\C(=C\C)c1ccc(-c2ccc(CC(C[C@@H](C)C(=O)OCC)N(Nn3nnc(-c4ccccc4-c4ccc(CN(C(=O)CCCC)C(C(=O)O)C(C)C)cc4)n3)C(=O)CCC(=O)O)cc2)cc1. The number of aliphatic carboxylic acids is 2. The maximum Gasteiger partial charge on any atom is 0.326 e. The van der Waals surface area contributed by atoms with Gasteiger partial charge in [-0.2, -0.15) is 5.53 Å². The fourth-order valence-corrected chi connectivity index (χ4v) is 8.21. The van der Waals surface area contributed by atoms with E-state index in [-0.39, 0.29) is 56.5 Å². The van der Waals surface area contributed by atoms with E-state index in [0.717, 1.165) is 55.8 Å². The van der Waals surface area contributed by atoms with Crippen LogP contribution in [0.3, 0.4) is 0 Å². The topological polar surface area (TPSA) is 197 Å². The normalized spacial score (nSPS) is 12.9. The van der Waals surface area contributed by atoms with Crippen LogP contribution < -0.4 is 5.53 Å². The van der Waals surface area contributed by atoms with E-state index >= 15 is 0 Å². The lowest BCUT2D eigenvalue weighted by Crippen LogP contribution is -2.50. The number of carbonyl (C=O) groups excluding carboxylic acids is 3. The number of ether oxygens (including phenoxy) is 1. The molecule has 5 rings (SSSR count). The first-order valence-electron chi connectivity index (χ1n) is 23.6. The van der Waals surface area contributed by atoms with Gasteiger partial charge in [0.2, 0.25) is 17.6 Å². The van der Waals surface area contributed by atoms with Gasteiger partial charge in [-0.3, -0.25) is 19.2 Å². The Morgan fingerprint density at radius 1 is 0.768 bits per heavy atom. The number of nitrogens with one attached hydrogen (secondary N) is 1. The summed E-state index contributed by atoms with van der Waals surface area (Å²) in [6.45, 7) is 13.3. The van der Waals surface area contributed by atoms with Crippen LogP contribution in [0.15, 0.2) is 115 Å². The number of unbranched alkanes of at least 4 members (excludes halogenated alkanes) is 1. The van der Waals surface area contributed by atoms with Crippen molar-refractivity contribution in [3.05, 3.63) is 132 Å². The molecule has 0 fully saturated rings. The second kappa shape index (κ2) is 25.6. The minimum atomic E-state index is -1.14. The summed E-state index contributed by atoms with van der Waals surface area (Å²) in [6, 6.07) is 29.5. The summed E-state index contributed by atoms with van der Waals surface area (Å²) in [5, 5.41) is 34.1. The van der Waals surface area contributed by atoms with Crippen LogP contribution in [0.5, 0.6) is 0 Å². The Kier molecular flexibility index (Phi) is 19.5. The van der Waals surface area contributed by atoms with Crippen molar-refractivity contribution in [2.75, 3.05) is 12.1 Å². The highest BCUT2D eigenvalue weighted by atomic mass is 16.5. The molecule has 364 valence electrons. The van der Waals surface area contributed by atoms with Gasteiger partial charge in [-0.05, 0) is 101 Å². The number of carboxylic acids is 2. The number of tetrazole rings is 1. The highest BCUT2D eigenvalue weighted by molar-refractivity contribution is 5.85. The number of esters is 1. The molecule has 0 radical (unpaired) electrons. The third-order valence-corrected chi connectivity index (χ3v) is 11.8. The third-order valence-electron chi connectivity index (χ3n) is 11.8. The molecular weight excluding hydrogens is 875 g/mol. The zero-order valence-corrected chi connectivity index (χ0v) is 40.7. The van der Waals surface area contributed by atoms with E-state index in [1.54, 1.807) is 27.7 Å². The summed E-state index contributed by atoms with van der Waals surface area (Å²) in [4.78, 5) is 66.9. The number of carboxylic acid groups (broad SMARTS) is 2. The predicted molar refractivity (Wildman–Crippen MR) is 266 cm³/mol. The standard InChI is InChI=1S/C54H65N7O8/c1-8-12-18-48(62)59(51(36(5)6)53(66)67)35-39-21-25-44(26-22-39)46-16-13-14-17-47(46)52-55-57-61(56-52)58-60(49(63)31-32-50(64)65)45(33-37(7)54(68)69-11-4)34-38-19-23-42(24-20-38)43-29-27-41(28-30-43)40(10-3)15-9-2/h9-10,13-17,19-30,36-37,45,51,58H,8,11-12,18,31-35H2,1-7H3,(H,64,65)(H,66,67)/b15-9-,40-10-/t37-,45?,51?/m1/s1. The summed E-state index contributed by atoms with van der Waals surface area (Å²) in [7, 11) is 0. The van der Waals surface area contributed by atoms with Crippen molar-refractivity contribution in [1.29, 1.82) is 0 Å². The van der Waals surface area contributed by atoms with Gasteiger partial charge in [0.25, 0.3) is 0 Å². The van der Waals surface area contributed by atoms with Gasteiger partial charge in [0, 0.05) is 24.9 Å². The molecule has 15 nitrogen and oxygen atoms in total. The molecule has 3 N–H and O–H groups in total. The fourth-order valence-electron chi connectivity index (χ4n) is 8.21. The Labute approximate surface area is 404 Å². The van der Waals surface area contributed by atoms with Crippen LogP contribution in [0, 0.1) is 11.8 Å². The number of benzene rings is 4. The number of aromatic nitrogens is 4. The first-order chi connectivity index (χ1) is 33.2. The Balaban J connectivity index is 1.43. The Morgan fingerprint density at radius 2 is 1.39 bits per heavy atom. The molecule has 2 amide bonds. The van der Waals surface area contributed by atoms with Crippen LogP contribution in [-0.4, -0.2) is 88.9 Å². The van der Waals surface area contributed by atoms with Crippen molar-refractivity contribution in [2.45, 2.75) is 112 Å². The van der Waals surface area contributed by atoms with Gasteiger partial charge in [-0.1, -0.05) is 149 Å². The van der Waals surface area contributed by atoms with Crippen molar-refractivity contribution in [3.8, 4) is 33.6 Å². The smallest absolute Gasteiger partial charge is 0.326 e. The number of hydrogen-bond donors (Lipinski definition) is 3. The number of carbonyl (C=O) groups is 5. The number of amides is 2. The van der Waals surface area contributed by atoms with Crippen LogP contribution in [0.4, 0.5) is 0 Å². The van der Waals surface area contributed by atoms with Crippen LogP contribution in [-0.2, 0) is 41.7 Å². The molecule has 1 heterocycles. The molecule has 0 aliphatic carbocycles. The first kappa shape index (κ1) is 52.5. The van der Waals surface area contributed by atoms with E-state index in [0.29, 0.717) is 12.0 Å². The summed E-state index contributed by atoms with van der Waals surface area (Å²) in [5.74, 6) is -4.08. The monoisotopic (exact) mass is 939 g/mol. The van der Waals surface area contributed by atoms with Gasteiger partial charge >= 0.3 is 17.9 Å². The third kappa shape index (κ3) is 14.5. The van der Waals surface area contributed by atoms with E-state index < -0.39 is 48.2 Å².